The van der Waals surface area contributed by atoms with E-state index in [9.17, 15) is 4.79 Å². The third-order valence-electron chi connectivity index (χ3n) is 2.88. The van der Waals surface area contributed by atoms with E-state index in [1.165, 1.54) is 4.52 Å². The average molecular weight is 303 g/mol. The SMILES string of the molecule is COc1cccc(NC(=O)c2nn3cccnc3c2Cl)c1. The minimum atomic E-state index is -0.404. The second kappa shape index (κ2) is 5.41. The molecule has 0 aliphatic heterocycles. The molecule has 3 aromatic rings. The Morgan fingerprint density at radius 1 is 1.38 bits per heavy atom. The Labute approximate surface area is 125 Å². The van der Waals surface area contributed by atoms with Gasteiger partial charge >= 0.3 is 0 Å². The number of benzene rings is 1. The van der Waals surface area contributed by atoms with Gasteiger partial charge in [-0.15, -0.1) is 0 Å². The van der Waals surface area contributed by atoms with E-state index in [0.717, 1.165) is 0 Å². The molecular formula is C14H11ClN4O2. The molecule has 0 aliphatic rings. The van der Waals surface area contributed by atoms with E-state index in [-0.39, 0.29) is 10.7 Å². The van der Waals surface area contributed by atoms with Crippen molar-refractivity contribution in [3.05, 3.63) is 53.4 Å². The van der Waals surface area contributed by atoms with Crippen molar-refractivity contribution in [3.63, 3.8) is 0 Å². The minimum absolute atomic E-state index is 0.123. The van der Waals surface area contributed by atoms with Gasteiger partial charge in [0.2, 0.25) is 0 Å². The number of hydrogen-bond acceptors (Lipinski definition) is 4. The Morgan fingerprint density at radius 3 is 3.00 bits per heavy atom. The van der Waals surface area contributed by atoms with Gasteiger partial charge in [0.25, 0.3) is 5.91 Å². The number of hydrogen-bond donors (Lipinski definition) is 1. The zero-order chi connectivity index (χ0) is 14.8. The van der Waals surface area contributed by atoms with Gasteiger partial charge in [-0.05, 0) is 18.2 Å². The molecule has 1 N–H and O–H groups in total. The van der Waals surface area contributed by atoms with Crippen LogP contribution in [-0.4, -0.2) is 27.6 Å². The second-order valence-electron chi connectivity index (χ2n) is 4.24. The van der Waals surface area contributed by atoms with Gasteiger partial charge in [-0.25, -0.2) is 9.50 Å². The lowest BCUT2D eigenvalue weighted by atomic mass is 10.3. The number of methoxy groups -OCH3 is 1. The summed E-state index contributed by atoms with van der Waals surface area (Å²) < 4.78 is 6.57. The molecule has 2 heterocycles. The molecule has 1 amide bonds. The molecule has 0 saturated carbocycles. The van der Waals surface area contributed by atoms with Crippen molar-refractivity contribution in [2.24, 2.45) is 0 Å². The van der Waals surface area contributed by atoms with Crippen LogP contribution in [0.5, 0.6) is 5.75 Å². The maximum absolute atomic E-state index is 12.3. The van der Waals surface area contributed by atoms with Crippen molar-refractivity contribution < 1.29 is 9.53 Å². The highest BCUT2D eigenvalue weighted by atomic mass is 35.5. The van der Waals surface area contributed by atoms with Crippen molar-refractivity contribution in [1.82, 2.24) is 14.6 Å². The molecule has 0 fully saturated rings. The molecule has 6 nitrogen and oxygen atoms in total. The van der Waals surface area contributed by atoms with E-state index in [1.54, 1.807) is 49.8 Å². The molecule has 0 bridgehead atoms. The lowest BCUT2D eigenvalue weighted by Crippen LogP contribution is -2.13. The fourth-order valence-electron chi connectivity index (χ4n) is 1.90. The van der Waals surface area contributed by atoms with Gasteiger partial charge in [-0.3, -0.25) is 4.79 Å². The smallest absolute Gasteiger partial charge is 0.277 e. The van der Waals surface area contributed by atoms with E-state index in [0.29, 0.717) is 17.1 Å². The van der Waals surface area contributed by atoms with Crippen LogP contribution in [-0.2, 0) is 0 Å². The van der Waals surface area contributed by atoms with Crippen molar-refractivity contribution >= 4 is 28.8 Å². The molecule has 0 aliphatic carbocycles. The summed E-state index contributed by atoms with van der Waals surface area (Å²) in [5, 5.41) is 7.08. The standard InChI is InChI=1S/C14H11ClN4O2/c1-21-10-5-2-4-9(8-10)17-14(20)12-11(15)13-16-6-3-7-19(13)18-12/h2-8H,1H3,(H,17,20). The molecule has 3 rings (SSSR count). The zero-order valence-corrected chi connectivity index (χ0v) is 11.8. The van der Waals surface area contributed by atoms with E-state index < -0.39 is 5.91 Å². The van der Waals surface area contributed by atoms with Crippen LogP contribution in [0.4, 0.5) is 5.69 Å². The van der Waals surface area contributed by atoms with Gasteiger partial charge in [-0.1, -0.05) is 17.7 Å². The molecule has 0 unspecified atom stereocenters. The van der Waals surface area contributed by atoms with Gasteiger partial charge in [0.05, 0.1) is 7.11 Å². The monoisotopic (exact) mass is 302 g/mol. The topological polar surface area (TPSA) is 68.5 Å². The van der Waals surface area contributed by atoms with Crippen molar-refractivity contribution in [1.29, 1.82) is 0 Å². The summed E-state index contributed by atoms with van der Waals surface area (Å²) in [6.45, 7) is 0. The summed E-state index contributed by atoms with van der Waals surface area (Å²) in [6, 6.07) is 8.74. The molecule has 0 spiro atoms. The van der Waals surface area contributed by atoms with Crippen LogP contribution in [0.15, 0.2) is 42.7 Å². The van der Waals surface area contributed by atoms with Crippen LogP contribution < -0.4 is 10.1 Å². The lowest BCUT2D eigenvalue weighted by Gasteiger charge is -2.05. The van der Waals surface area contributed by atoms with Gasteiger partial charge in [0, 0.05) is 24.1 Å². The summed E-state index contributed by atoms with van der Waals surface area (Å²) >= 11 is 6.15. The second-order valence-corrected chi connectivity index (χ2v) is 4.61. The highest BCUT2D eigenvalue weighted by molar-refractivity contribution is 6.37. The van der Waals surface area contributed by atoms with Crippen LogP contribution in [0.2, 0.25) is 5.02 Å². The number of rotatable bonds is 3. The number of ether oxygens (including phenoxy) is 1. The third-order valence-corrected chi connectivity index (χ3v) is 3.23. The quantitative estimate of drug-likeness (QED) is 0.807. The van der Waals surface area contributed by atoms with Crippen molar-refractivity contribution in [3.8, 4) is 5.75 Å². The molecule has 2 aromatic heterocycles. The highest BCUT2D eigenvalue weighted by Crippen LogP contribution is 2.22. The fraction of sp³-hybridized carbons (Fsp3) is 0.0714. The number of nitrogens with zero attached hydrogens (tertiary/aromatic N) is 3. The molecule has 0 atom stereocenters. The van der Waals surface area contributed by atoms with Gasteiger partial charge < -0.3 is 10.1 Å². The third kappa shape index (κ3) is 2.53. The number of halogens is 1. The van der Waals surface area contributed by atoms with Crippen LogP contribution in [0.3, 0.4) is 0 Å². The first kappa shape index (κ1) is 13.4. The van der Waals surface area contributed by atoms with Crippen molar-refractivity contribution in [2.45, 2.75) is 0 Å². The van der Waals surface area contributed by atoms with E-state index in [1.807, 2.05) is 0 Å². The average Bonchev–Trinajstić information content (AvgIpc) is 2.85. The minimum Gasteiger partial charge on any atom is -0.497 e. The number of carbonyl (C=O) groups excluding carboxylic acids is 1. The maximum atomic E-state index is 12.3. The Hall–Kier alpha value is -2.60. The number of aromatic nitrogens is 3. The predicted octanol–water partition coefficient (Wildman–Crippen LogP) is 2.64. The summed E-state index contributed by atoms with van der Waals surface area (Å²) in [5.41, 5.74) is 1.16. The van der Waals surface area contributed by atoms with E-state index >= 15 is 0 Å². The summed E-state index contributed by atoms with van der Waals surface area (Å²) in [4.78, 5) is 16.4. The van der Waals surface area contributed by atoms with Gasteiger partial charge in [0.1, 0.15) is 10.8 Å². The largest absolute Gasteiger partial charge is 0.497 e. The molecule has 106 valence electrons. The number of nitrogens with one attached hydrogen (secondary N) is 1. The molecule has 0 radical (unpaired) electrons. The first-order chi connectivity index (χ1) is 10.2. The first-order valence-corrected chi connectivity index (χ1v) is 6.51. The van der Waals surface area contributed by atoms with Gasteiger partial charge in [-0.2, -0.15) is 5.10 Å². The highest BCUT2D eigenvalue weighted by Gasteiger charge is 2.18. The molecule has 0 saturated heterocycles. The number of carbonyl (C=O) groups is 1. The molecule has 21 heavy (non-hydrogen) atoms. The summed E-state index contributed by atoms with van der Waals surface area (Å²) in [7, 11) is 1.56. The van der Waals surface area contributed by atoms with Crippen LogP contribution in [0, 0.1) is 0 Å². The van der Waals surface area contributed by atoms with E-state index in [4.69, 9.17) is 16.3 Å². The molecule has 7 heteroatoms. The van der Waals surface area contributed by atoms with Gasteiger partial charge in [0.15, 0.2) is 11.3 Å². The predicted molar refractivity (Wildman–Crippen MR) is 78.9 cm³/mol. The zero-order valence-electron chi connectivity index (χ0n) is 11.1. The van der Waals surface area contributed by atoms with Crippen LogP contribution >= 0.6 is 11.6 Å². The number of anilines is 1. The Kier molecular flexibility index (Phi) is 3.45. The first-order valence-electron chi connectivity index (χ1n) is 6.13. The van der Waals surface area contributed by atoms with Crippen molar-refractivity contribution in [2.75, 3.05) is 12.4 Å². The Balaban J connectivity index is 1.91. The molecule has 1 aromatic carbocycles. The summed E-state index contributed by atoms with van der Waals surface area (Å²) in [5.74, 6) is 0.245. The molecular weight excluding hydrogens is 292 g/mol. The Morgan fingerprint density at radius 2 is 2.24 bits per heavy atom. The Bertz CT molecular complexity index is 816. The number of fused-ring (bicyclic) bond motifs is 1. The lowest BCUT2D eigenvalue weighted by molar-refractivity contribution is 0.102. The summed E-state index contributed by atoms with van der Waals surface area (Å²) in [6.07, 6.45) is 3.27. The number of amides is 1. The van der Waals surface area contributed by atoms with Crippen LogP contribution in [0.25, 0.3) is 5.65 Å². The normalized spacial score (nSPS) is 10.6. The van der Waals surface area contributed by atoms with E-state index in [2.05, 4.69) is 15.4 Å². The maximum Gasteiger partial charge on any atom is 0.277 e. The fourth-order valence-corrected chi connectivity index (χ4v) is 2.15. The van der Waals surface area contributed by atoms with Crippen LogP contribution in [0.1, 0.15) is 10.5 Å².